The van der Waals surface area contributed by atoms with Gasteiger partial charge in [-0.15, -0.1) is 8.78 Å². The second kappa shape index (κ2) is 6.16. The van der Waals surface area contributed by atoms with E-state index in [-0.39, 0.29) is 29.2 Å². The summed E-state index contributed by atoms with van der Waals surface area (Å²) in [6.45, 7) is 0. The van der Waals surface area contributed by atoms with Gasteiger partial charge in [0.05, 0.1) is 11.9 Å². The van der Waals surface area contributed by atoms with Gasteiger partial charge in [-0.2, -0.15) is 0 Å². The molecule has 2 aliphatic heterocycles. The normalized spacial score (nSPS) is 16.3. The molecule has 1 amide bonds. The first-order valence-electron chi connectivity index (χ1n) is 7.97. The second-order valence-electron chi connectivity index (χ2n) is 6.24. The molecule has 28 heavy (non-hydrogen) atoms. The van der Waals surface area contributed by atoms with Crippen molar-refractivity contribution >= 4 is 33.1 Å². The lowest BCUT2D eigenvalue weighted by Crippen LogP contribution is -2.30. The summed E-state index contributed by atoms with van der Waals surface area (Å²) in [6, 6.07) is 8.67. The Kier molecular flexibility index (Phi) is 4.00. The van der Waals surface area contributed by atoms with E-state index in [1.54, 1.807) is 0 Å². The molecule has 0 unspecified atom stereocenters. The summed E-state index contributed by atoms with van der Waals surface area (Å²) in [5.41, 5.74) is 1.46. The highest BCUT2D eigenvalue weighted by molar-refractivity contribution is 7.92. The molecule has 4 rings (SSSR count). The van der Waals surface area contributed by atoms with E-state index in [0.29, 0.717) is 17.1 Å². The number of benzene rings is 2. The molecule has 0 bridgehead atoms. The fourth-order valence-corrected chi connectivity index (χ4v) is 3.41. The number of nitrogens with one attached hydrogen (secondary N) is 2. The third-order valence-electron chi connectivity index (χ3n) is 3.90. The molecule has 0 saturated heterocycles. The van der Waals surface area contributed by atoms with Crippen LogP contribution in [-0.2, 0) is 16.4 Å². The molecule has 0 aliphatic carbocycles. The molecule has 2 aliphatic rings. The number of fused-ring (bicyclic) bond motifs is 2. The van der Waals surface area contributed by atoms with Crippen molar-refractivity contribution in [1.82, 2.24) is 5.32 Å². The zero-order valence-electron chi connectivity index (χ0n) is 14.3. The van der Waals surface area contributed by atoms with Crippen molar-refractivity contribution in [3.63, 3.8) is 0 Å². The van der Waals surface area contributed by atoms with Crippen LogP contribution in [0.1, 0.15) is 15.9 Å². The number of nitrogens with zero attached hydrogens (tertiary/aromatic N) is 1. The lowest BCUT2D eigenvalue weighted by molar-refractivity contribution is -0.286. The topological polar surface area (TPSA) is 106 Å². The largest absolute Gasteiger partial charge is 0.586 e. The number of hydrogen-bond donors (Lipinski definition) is 2. The molecule has 0 radical (unpaired) electrons. The maximum absolute atomic E-state index is 13.1. The average Bonchev–Trinajstić information content (AvgIpc) is 3.07. The van der Waals surface area contributed by atoms with Gasteiger partial charge < -0.3 is 14.8 Å². The van der Waals surface area contributed by atoms with Crippen molar-refractivity contribution in [1.29, 1.82) is 0 Å². The summed E-state index contributed by atoms with van der Waals surface area (Å²) in [5, 5.41) is 2.63. The standard InChI is InChI=1S/C17H13F2N3O5S/c1-28(24,25)22-11-4-2-3-9(5-11)16(23)21-15-7-10-6-13-14(8-12(10)20-15)27-17(18,19)26-13/h2-6,8,22H,7H2,1H3,(H,20,21,23). The van der Waals surface area contributed by atoms with Gasteiger partial charge in [0.1, 0.15) is 5.84 Å². The van der Waals surface area contributed by atoms with Crippen LogP contribution in [0.5, 0.6) is 11.5 Å². The van der Waals surface area contributed by atoms with Crippen molar-refractivity contribution in [3.8, 4) is 11.5 Å². The first-order valence-corrected chi connectivity index (χ1v) is 9.87. The second-order valence-corrected chi connectivity index (χ2v) is 7.99. The first-order chi connectivity index (χ1) is 13.1. The number of halogens is 2. The minimum absolute atomic E-state index is 0.0916. The quantitative estimate of drug-likeness (QED) is 0.810. The van der Waals surface area contributed by atoms with Gasteiger partial charge in [-0.1, -0.05) is 6.07 Å². The molecule has 0 spiro atoms. The fraction of sp³-hybridized carbons (Fsp3) is 0.176. The van der Waals surface area contributed by atoms with Crippen LogP contribution in [0.25, 0.3) is 0 Å². The van der Waals surface area contributed by atoms with Gasteiger partial charge in [0.15, 0.2) is 11.5 Å². The van der Waals surface area contributed by atoms with E-state index in [1.165, 1.54) is 36.4 Å². The van der Waals surface area contributed by atoms with E-state index < -0.39 is 22.2 Å². The summed E-state index contributed by atoms with van der Waals surface area (Å²) in [4.78, 5) is 16.7. The van der Waals surface area contributed by atoms with Crippen LogP contribution in [0, 0.1) is 0 Å². The number of carbonyl (C=O) groups is 1. The summed E-state index contributed by atoms with van der Waals surface area (Å²) in [5.74, 6) is -0.391. The van der Waals surface area contributed by atoms with Crippen LogP contribution in [-0.4, -0.2) is 32.7 Å². The van der Waals surface area contributed by atoms with E-state index in [4.69, 9.17) is 0 Å². The molecule has 0 saturated carbocycles. The predicted octanol–water partition coefficient (Wildman–Crippen LogP) is 2.40. The smallest absolute Gasteiger partial charge is 0.395 e. The number of rotatable bonds is 3. The Morgan fingerprint density at radius 3 is 2.61 bits per heavy atom. The van der Waals surface area contributed by atoms with Gasteiger partial charge in [0.2, 0.25) is 10.0 Å². The van der Waals surface area contributed by atoms with E-state index in [0.717, 1.165) is 6.26 Å². The number of amidine groups is 1. The van der Waals surface area contributed by atoms with E-state index in [9.17, 15) is 22.0 Å². The predicted molar refractivity (Wildman–Crippen MR) is 95.8 cm³/mol. The Balaban J connectivity index is 1.49. The molecule has 2 aromatic rings. The average molecular weight is 409 g/mol. The summed E-state index contributed by atoms with van der Waals surface area (Å²) >= 11 is 0. The lowest BCUT2D eigenvalue weighted by atomic mass is 10.1. The van der Waals surface area contributed by atoms with Crippen LogP contribution < -0.4 is 19.5 Å². The van der Waals surface area contributed by atoms with E-state index in [1.807, 2.05) is 0 Å². The molecule has 2 N–H and O–H groups in total. The molecule has 0 fully saturated rings. The van der Waals surface area contributed by atoms with Crippen molar-refractivity contribution in [2.75, 3.05) is 11.0 Å². The Hall–Kier alpha value is -3.21. The first kappa shape index (κ1) is 18.2. The van der Waals surface area contributed by atoms with Gasteiger partial charge in [-0.3, -0.25) is 9.52 Å². The summed E-state index contributed by atoms with van der Waals surface area (Å²) in [6.07, 6.45) is -2.49. The molecular formula is C17H13F2N3O5S. The summed E-state index contributed by atoms with van der Waals surface area (Å²) in [7, 11) is -3.47. The Morgan fingerprint density at radius 1 is 1.18 bits per heavy atom. The van der Waals surface area contributed by atoms with E-state index in [2.05, 4.69) is 24.5 Å². The molecule has 0 atom stereocenters. The third kappa shape index (κ3) is 3.74. The molecule has 8 nitrogen and oxygen atoms in total. The van der Waals surface area contributed by atoms with Crippen molar-refractivity contribution in [3.05, 3.63) is 47.5 Å². The van der Waals surface area contributed by atoms with Gasteiger partial charge in [-0.25, -0.2) is 13.4 Å². The number of carbonyl (C=O) groups excluding carboxylic acids is 1. The van der Waals surface area contributed by atoms with Crippen LogP contribution in [0.3, 0.4) is 0 Å². The van der Waals surface area contributed by atoms with Crippen molar-refractivity contribution < 1.29 is 31.5 Å². The van der Waals surface area contributed by atoms with Crippen molar-refractivity contribution in [2.45, 2.75) is 12.7 Å². The number of hydrogen-bond acceptors (Lipinski definition) is 6. The monoisotopic (exact) mass is 409 g/mol. The molecule has 2 aromatic carbocycles. The molecule has 2 heterocycles. The zero-order valence-corrected chi connectivity index (χ0v) is 15.1. The Labute approximate surface area is 158 Å². The number of sulfonamides is 1. The summed E-state index contributed by atoms with van der Waals surface area (Å²) < 4.78 is 59.9. The lowest BCUT2D eigenvalue weighted by Gasteiger charge is -2.07. The highest BCUT2D eigenvalue weighted by atomic mass is 32.2. The van der Waals surface area contributed by atoms with Crippen LogP contribution >= 0.6 is 0 Å². The SMILES string of the molecule is CS(=O)(=O)Nc1cccc(C(=O)NC2=Nc3cc4c(cc3C2)OC(F)(F)O4)c1. The number of amides is 1. The highest BCUT2D eigenvalue weighted by Crippen LogP contribution is 2.45. The third-order valence-corrected chi connectivity index (χ3v) is 4.51. The molecule has 0 aromatic heterocycles. The Morgan fingerprint density at radius 2 is 1.89 bits per heavy atom. The molecular weight excluding hydrogens is 396 g/mol. The van der Waals surface area contributed by atoms with Crippen LogP contribution in [0.2, 0.25) is 0 Å². The van der Waals surface area contributed by atoms with Crippen LogP contribution in [0.15, 0.2) is 41.4 Å². The van der Waals surface area contributed by atoms with Crippen molar-refractivity contribution in [2.24, 2.45) is 4.99 Å². The maximum Gasteiger partial charge on any atom is 0.586 e. The van der Waals surface area contributed by atoms with E-state index >= 15 is 0 Å². The highest BCUT2D eigenvalue weighted by Gasteiger charge is 2.44. The number of aliphatic imine (C=N–C) groups is 1. The number of alkyl halides is 2. The van der Waals surface area contributed by atoms with Gasteiger partial charge in [-0.05, 0) is 29.8 Å². The zero-order chi connectivity index (χ0) is 20.1. The molecule has 11 heteroatoms. The van der Waals surface area contributed by atoms with Gasteiger partial charge in [0, 0.05) is 23.7 Å². The fourth-order valence-electron chi connectivity index (χ4n) is 2.85. The minimum atomic E-state index is -3.71. The van der Waals surface area contributed by atoms with Crippen LogP contribution in [0.4, 0.5) is 20.2 Å². The maximum atomic E-state index is 13.1. The van der Waals surface area contributed by atoms with Gasteiger partial charge >= 0.3 is 6.29 Å². The Bertz CT molecular complexity index is 1130. The number of anilines is 1. The van der Waals surface area contributed by atoms with Gasteiger partial charge in [0.25, 0.3) is 5.91 Å². The number of ether oxygens (including phenoxy) is 2. The minimum Gasteiger partial charge on any atom is -0.395 e. The molecule has 146 valence electrons.